The summed E-state index contributed by atoms with van der Waals surface area (Å²) < 4.78 is 0. The molecule has 0 atom stereocenters. The van der Waals surface area contributed by atoms with E-state index in [0.717, 1.165) is 0 Å². The van der Waals surface area contributed by atoms with E-state index in [9.17, 15) is 0 Å². The number of halogens is 1. The Bertz CT molecular complexity index is 16.3. The molecule has 0 aliphatic rings. The zero-order chi connectivity index (χ0) is 5.58. The first-order valence-electron chi connectivity index (χ1n) is 1.47. The van der Waals surface area contributed by atoms with E-state index in [-0.39, 0.29) is 0 Å². The van der Waals surface area contributed by atoms with Crippen LogP contribution in [0.15, 0.2) is 0 Å². The average molecular weight is 202 g/mol. The van der Waals surface area contributed by atoms with Gasteiger partial charge in [0.25, 0.3) is 0 Å². The molecule has 0 radical (unpaired) electrons. The van der Waals surface area contributed by atoms with Crippen LogP contribution in [-0.4, -0.2) is 22.1 Å². The molecule has 6 heavy (non-hydrogen) atoms. The van der Waals surface area contributed by atoms with Crippen molar-refractivity contribution in [2.24, 2.45) is 0 Å². The standard InChI is InChI=1S/CH5BO2.CH3I/c1-2(3)4;1-2/h3-4H,1H3;1H3. The third-order valence-electron chi connectivity index (χ3n) is 0. The van der Waals surface area contributed by atoms with Crippen LogP contribution in [0.25, 0.3) is 0 Å². The van der Waals surface area contributed by atoms with Crippen molar-refractivity contribution in [1.29, 1.82) is 0 Å². The lowest BCUT2D eigenvalue weighted by Gasteiger charge is -1.71. The molecule has 0 aromatic rings. The number of rotatable bonds is 0. The van der Waals surface area contributed by atoms with Gasteiger partial charge in [0.05, 0.1) is 0 Å². The summed E-state index contributed by atoms with van der Waals surface area (Å²) in [4.78, 5) is 1.97. The Morgan fingerprint density at radius 1 is 1.33 bits per heavy atom. The van der Waals surface area contributed by atoms with Crippen LogP contribution in [0.2, 0.25) is 6.82 Å². The van der Waals surface area contributed by atoms with Crippen LogP contribution >= 0.6 is 22.6 Å². The second-order valence-electron chi connectivity index (χ2n) is 0.632. The molecule has 0 aliphatic heterocycles. The molecule has 0 bridgehead atoms. The molecule has 4 heteroatoms. The highest BCUT2D eigenvalue weighted by atomic mass is 127. The first kappa shape index (κ1) is 9.87. The predicted octanol–water partition coefficient (Wildman–Crippen LogP) is 0.140. The van der Waals surface area contributed by atoms with Gasteiger partial charge in [0.2, 0.25) is 0 Å². The van der Waals surface area contributed by atoms with Gasteiger partial charge in [-0.2, -0.15) is 0 Å². The maximum Gasteiger partial charge on any atom is 0.448 e. The third-order valence-corrected chi connectivity index (χ3v) is 0. The van der Waals surface area contributed by atoms with Crippen LogP contribution < -0.4 is 0 Å². The summed E-state index contributed by atoms with van der Waals surface area (Å²) in [6.07, 6.45) is 0. The summed E-state index contributed by atoms with van der Waals surface area (Å²) in [6, 6.07) is 0. The molecule has 0 saturated carbocycles. The molecule has 0 saturated heterocycles. The van der Waals surface area contributed by atoms with Crippen molar-refractivity contribution in [3.05, 3.63) is 0 Å². The minimum atomic E-state index is -1.17. The molecule has 2 N–H and O–H groups in total. The van der Waals surface area contributed by atoms with Crippen molar-refractivity contribution in [2.45, 2.75) is 6.82 Å². The van der Waals surface area contributed by atoms with Gasteiger partial charge in [0.15, 0.2) is 0 Å². The Labute approximate surface area is 51.9 Å². The fraction of sp³-hybridized carbons (Fsp3) is 1.00. The predicted molar refractivity (Wildman–Crippen MR) is 36.0 cm³/mol. The topological polar surface area (TPSA) is 40.5 Å². The lowest BCUT2D eigenvalue weighted by Crippen LogP contribution is -2.00. The van der Waals surface area contributed by atoms with E-state index in [1.165, 1.54) is 6.82 Å². The third kappa shape index (κ3) is 127. The molecule has 0 heterocycles. The fourth-order valence-corrected chi connectivity index (χ4v) is 0. The van der Waals surface area contributed by atoms with Crippen molar-refractivity contribution >= 4 is 29.7 Å². The minimum Gasteiger partial charge on any atom is -0.427 e. The molecular formula is C2H8BIO2. The van der Waals surface area contributed by atoms with Crippen molar-refractivity contribution < 1.29 is 10.0 Å². The van der Waals surface area contributed by atoms with Crippen molar-refractivity contribution in [2.75, 3.05) is 4.93 Å². The lowest BCUT2D eigenvalue weighted by molar-refractivity contribution is 0.417. The van der Waals surface area contributed by atoms with Gasteiger partial charge in [-0.3, -0.25) is 0 Å². The van der Waals surface area contributed by atoms with Gasteiger partial charge in [-0.1, -0.05) is 22.6 Å². The Balaban J connectivity index is 0. The van der Waals surface area contributed by atoms with Gasteiger partial charge >= 0.3 is 7.12 Å². The van der Waals surface area contributed by atoms with Gasteiger partial charge in [-0.15, -0.1) is 0 Å². The summed E-state index contributed by atoms with van der Waals surface area (Å²) in [6.45, 7) is 1.28. The molecule has 0 aromatic carbocycles. The maximum atomic E-state index is 7.61. The van der Waals surface area contributed by atoms with E-state index in [0.29, 0.717) is 0 Å². The zero-order valence-electron chi connectivity index (χ0n) is 3.85. The Hall–Kier alpha value is 0.715. The molecular weight excluding hydrogens is 194 g/mol. The first-order valence-corrected chi connectivity index (χ1v) is 3.63. The van der Waals surface area contributed by atoms with Gasteiger partial charge in [0, 0.05) is 0 Å². The van der Waals surface area contributed by atoms with Crippen LogP contribution in [0.1, 0.15) is 0 Å². The Morgan fingerprint density at radius 2 is 1.33 bits per heavy atom. The number of hydrogen-bond acceptors (Lipinski definition) is 2. The molecule has 38 valence electrons. The van der Waals surface area contributed by atoms with Crippen molar-refractivity contribution in [1.82, 2.24) is 0 Å². The van der Waals surface area contributed by atoms with Gasteiger partial charge in [-0.25, -0.2) is 0 Å². The van der Waals surface area contributed by atoms with Crippen molar-refractivity contribution in [3.8, 4) is 0 Å². The molecule has 0 aromatic heterocycles. The van der Waals surface area contributed by atoms with Gasteiger partial charge in [-0.05, 0) is 11.8 Å². The monoisotopic (exact) mass is 202 g/mol. The second-order valence-corrected chi connectivity index (χ2v) is 0.632. The van der Waals surface area contributed by atoms with E-state index in [2.05, 4.69) is 22.6 Å². The largest absolute Gasteiger partial charge is 0.448 e. The average Bonchev–Trinajstić information content (AvgIpc) is 1.41. The van der Waals surface area contributed by atoms with Gasteiger partial charge in [0.1, 0.15) is 0 Å². The lowest BCUT2D eigenvalue weighted by atomic mass is 9.99. The van der Waals surface area contributed by atoms with Crippen LogP contribution in [0.4, 0.5) is 0 Å². The SMILES string of the molecule is CB(O)O.CI. The normalized spacial score (nSPS) is 5.50. The Morgan fingerprint density at radius 3 is 1.33 bits per heavy atom. The quantitative estimate of drug-likeness (QED) is 0.333. The molecule has 0 spiro atoms. The van der Waals surface area contributed by atoms with E-state index in [1.54, 1.807) is 0 Å². The molecule has 2 nitrogen and oxygen atoms in total. The van der Waals surface area contributed by atoms with E-state index < -0.39 is 7.12 Å². The summed E-state index contributed by atoms with van der Waals surface area (Å²) in [5.41, 5.74) is 0. The highest BCUT2D eigenvalue weighted by Crippen LogP contribution is 1.51. The zero-order valence-corrected chi connectivity index (χ0v) is 6.01. The minimum absolute atomic E-state index is 1.17. The highest BCUT2D eigenvalue weighted by molar-refractivity contribution is 14.1. The van der Waals surface area contributed by atoms with E-state index >= 15 is 0 Å². The van der Waals surface area contributed by atoms with Crippen molar-refractivity contribution in [3.63, 3.8) is 0 Å². The molecule has 0 aliphatic carbocycles. The summed E-state index contributed by atoms with van der Waals surface area (Å²) in [5.74, 6) is 0. The highest BCUT2D eigenvalue weighted by Gasteiger charge is 1.86. The van der Waals surface area contributed by atoms with Crippen LogP contribution in [0, 0.1) is 0 Å². The summed E-state index contributed by atoms with van der Waals surface area (Å²) >= 11 is 2.15. The number of alkyl halides is 1. The number of hydrogen-bond donors (Lipinski definition) is 2. The molecule has 0 unspecified atom stereocenters. The molecule has 0 amide bonds. The van der Waals surface area contributed by atoms with Crippen LogP contribution in [0.5, 0.6) is 0 Å². The molecule has 0 fully saturated rings. The summed E-state index contributed by atoms with van der Waals surface area (Å²) in [7, 11) is -1.17. The summed E-state index contributed by atoms with van der Waals surface area (Å²) in [5, 5.41) is 15.2. The van der Waals surface area contributed by atoms with Gasteiger partial charge < -0.3 is 10.0 Å². The Kier molecular flexibility index (Phi) is 15.1. The maximum absolute atomic E-state index is 7.61. The second kappa shape index (κ2) is 9.21. The van der Waals surface area contributed by atoms with Crippen LogP contribution in [-0.2, 0) is 0 Å². The van der Waals surface area contributed by atoms with E-state index in [4.69, 9.17) is 10.0 Å². The fourth-order valence-electron chi connectivity index (χ4n) is 0. The first-order chi connectivity index (χ1) is 2.73. The van der Waals surface area contributed by atoms with Crippen LogP contribution in [0.3, 0.4) is 0 Å². The van der Waals surface area contributed by atoms with E-state index in [1.807, 2.05) is 4.93 Å². The smallest absolute Gasteiger partial charge is 0.427 e. The molecule has 0 rings (SSSR count).